The molecule has 10 nitrogen and oxygen atoms in total. The largest absolute Gasteiger partial charge is 0.504 e. The summed E-state index contributed by atoms with van der Waals surface area (Å²) in [4.78, 5) is 38.7. The molecule has 0 radical (unpaired) electrons. The number of para-hydroxylation sites is 1. The number of nitro benzene ring substituents is 1. The Hall–Kier alpha value is -4.73. The molecule has 3 aromatic carbocycles. The smallest absolute Gasteiger partial charge is 0.270 e. The van der Waals surface area contributed by atoms with Crippen molar-refractivity contribution in [3.05, 3.63) is 110 Å². The second kappa shape index (κ2) is 8.81. The number of phenolic OH excluding ortho intramolecular Hbond substituents is 1. The molecule has 0 bridgehead atoms. The van der Waals surface area contributed by atoms with E-state index in [0.29, 0.717) is 11.3 Å². The van der Waals surface area contributed by atoms with Gasteiger partial charge in [0.15, 0.2) is 17.3 Å². The van der Waals surface area contributed by atoms with Crippen LogP contribution in [-0.4, -0.2) is 46.0 Å². The van der Waals surface area contributed by atoms with Crippen LogP contribution >= 0.6 is 0 Å². The monoisotopic (exact) mass is 487 g/mol. The SMILES string of the molecule is COc1cc([C@H]2[C@H]([N+](=O)[O-])[C@H]3C=Cc4ccccc4N3[C@@H]2C(=O)c2cccc([N+](=O)[O-])c2)ccc1O. The molecule has 1 N–H and O–H groups in total. The molecule has 0 spiro atoms. The summed E-state index contributed by atoms with van der Waals surface area (Å²) in [7, 11) is 1.37. The van der Waals surface area contributed by atoms with Gasteiger partial charge in [-0.15, -0.1) is 0 Å². The van der Waals surface area contributed by atoms with Crippen LogP contribution in [0.4, 0.5) is 11.4 Å². The Morgan fingerprint density at radius 1 is 1.03 bits per heavy atom. The molecule has 4 atom stereocenters. The van der Waals surface area contributed by atoms with Crippen LogP contribution in [0.5, 0.6) is 11.5 Å². The van der Waals surface area contributed by atoms with Crippen LogP contribution in [0.25, 0.3) is 6.08 Å². The highest BCUT2D eigenvalue weighted by Crippen LogP contribution is 2.48. The molecule has 2 heterocycles. The molecular formula is C26H21N3O7. The quantitative estimate of drug-likeness (QED) is 0.310. The molecule has 0 aliphatic carbocycles. The maximum absolute atomic E-state index is 14.1. The summed E-state index contributed by atoms with van der Waals surface area (Å²) in [5, 5.41) is 34.0. The number of benzene rings is 3. The predicted molar refractivity (Wildman–Crippen MR) is 131 cm³/mol. The number of ketones is 1. The lowest BCUT2D eigenvalue weighted by atomic mass is 9.83. The number of fused-ring (bicyclic) bond motifs is 3. The highest BCUT2D eigenvalue weighted by molar-refractivity contribution is 6.04. The van der Waals surface area contributed by atoms with E-state index in [4.69, 9.17) is 4.74 Å². The molecule has 10 heteroatoms. The highest BCUT2D eigenvalue weighted by atomic mass is 16.6. The van der Waals surface area contributed by atoms with E-state index in [1.807, 2.05) is 18.2 Å². The Bertz CT molecular complexity index is 1420. The summed E-state index contributed by atoms with van der Waals surface area (Å²) in [5.74, 6) is -1.43. The number of rotatable bonds is 6. The highest BCUT2D eigenvalue weighted by Gasteiger charge is 2.59. The van der Waals surface area contributed by atoms with Crippen molar-refractivity contribution in [2.75, 3.05) is 12.0 Å². The molecule has 182 valence electrons. The van der Waals surface area contributed by atoms with E-state index in [2.05, 4.69) is 0 Å². The van der Waals surface area contributed by atoms with Gasteiger partial charge < -0.3 is 14.7 Å². The molecule has 0 unspecified atom stereocenters. The second-order valence-corrected chi connectivity index (χ2v) is 8.67. The number of hydrogen-bond acceptors (Lipinski definition) is 8. The minimum atomic E-state index is -1.21. The van der Waals surface area contributed by atoms with Gasteiger partial charge in [0.2, 0.25) is 6.04 Å². The molecule has 1 saturated heterocycles. The second-order valence-electron chi connectivity index (χ2n) is 8.67. The molecule has 2 aliphatic heterocycles. The van der Waals surface area contributed by atoms with Gasteiger partial charge in [-0.05, 0) is 29.3 Å². The van der Waals surface area contributed by atoms with E-state index in [9.17, 15) is 30.1 Å². The number of carbonyl (C=O) groups is 1. The van der Waals surface area contributed by atoms with Crippen molar-refractivity contribution in [2.24, 2.45) is 0 Å². The third-order valence-corrected chi connectivity index (χ3v) is 6.81. The first-order chi connectivity index (χ1) is 17.3. The van der Waals surface area contributed by atoms with Crippen molar-refractivity contribution in [3.63, 3.8) is 0 Å². The Morgan fingerprint density at radius 3 is 2.53 bits per heavy atom. The number of anilines is 1. The number of phenols is 1. The summed E-state index contributed by atoms with van der Waals surface area (Å²) in [6.07, 6.45) is 3.53. The number of nitrogens with zero attached hydrogens (tertiary/aromatic N) is 3. The topological polar surface area (TPSA) is 136 Å². The number of Topliss-reactive ketones (excluding diaryl/α,β-unsaturated/α-hetero) is 1. The number of non-ortho nitro benzene ring substituents is 1. The van der Waals surface area contributed by atoms with Gasteiger partial charge in [0.25, 0.3) is 5.69 Å². The lowest BCUT2D eigenvalue weighted by Gasteiger charge is -2.34. The number of ether oxygens (including phenoxy) is 1. The van der Waals surface area contributed by atoms with Gasteiger partial charge in [-0.1, -0.05) is 48.6 Å². The molecule has 36 heavy (non-hydrogen) atoms. The fourth-order valence-electron chi connectivity index (χ4n) is 5.27. The van der Waals surface area contributed by atoms with Crippen molar-refractivity contribution >= 4 is 23.2 Å². The zero-order chi connectivity index (χ0) is 25.6. The zero-order valence-corrected chi connectivity index (χ0v) is 19.1. The first-order valence-corrected chi connectivity index (χ1v) is 11.2. The van der Waals surface area contributed by atoms with E-state index in [1.54, 1.807) is 29.2 Å². The third kappa shape index (κ3) is 3.63. The van der Waals surface area contributed by atoms with Crippen LogP contribution in [-0.2, 0) is 0 Å². The van der Waals surface area contributed by atoms with E-state index < -0.39 is 34.7 Å². The Kier molecular flexibility index (Phi) is 5.63. The standard InChI is InChI=1S/C26H21N3O7/c1-36-22-14-16(10-12-21(22)30)23-24(29(34)35)20-11-9-15-5-2-3-8-19(15)27(20)25(23)26(31)17-6-4-7-18(13-17)28(32)33/h2-14,20,23-25,30H,1H3/t20-,23+,24-,25+/m1/s1. The molecule has 5 rings (SSSR count). The van der Waals surface area contributed by atoms with Crippen molar-refractivity contribution in [2.45, 2.75) is 24.0 Å². The first-order valence-electron chi connectivity index (χ1n) is 11.2. The van der Waals surface area contributed by atoms with Crippen molar-refractivity contribution in [1.29, 1.82) is 0 Å². The summed E-state index contributed by atoms with van der Waals surface area (Å²) >= 11 is 0. The fourth-order valence-corrected chi connectivity index (χ4v) is 5.27. The van der Waals surface area contributed by atoms with Gasteiger partial charge >= 0.3 is 0 Å². The molecular weight excluding hydrogens is 466 g/mol. The molecule has 0 aromatic heterocycles. The van der Waals surface area contributed by atoms with E-state index in [0.717, 1.165) is 5.56 Å². The maximum Gasteiger partial charge on any atom is 0.270 e. The van der Waals surface area contributed by atoms with Gasteiger partial charge in [-0.3, -0.25) is 25.0 Å². The van der Waals surface area contributed by atoms with Gasteiger partial charge in [0.1, 0.15) is 12.1 Å². The van der Waals surface area contributed by atoms with Crippen LogP contribution < -0.4 is 9.64 Å². The number of aromatic hydroxyl groups is 1. The Labute approximate surface area is 205 Å². The molecule has 3 aromatic rings. The van der Waals surface area contributed by atoms with E-state index in [-0.39, 0.29) is 27.7 Å². The van der Waals surface area contributed by atoms with Crippen LogP contribution in [0.3, 0.4) is 0 Å². The van der Waals surface area contributed by atoms with Gasteiger partial charge in [-0.25, -0.2) is 0 Å². The Balaban J connectivity index is 1.73. The number of nitro groups is 2. The normalized spacial score (nSPS) is 22.0. The van der Waals surface area contributed by atoms with Crippen LogP contribution in [0.15, 0.2) is 72.8 Å². The molecule has 0 saturated carbocycles. The third-order valence-electron chi connectivity index (χ3n) is 6.81. The summed E-state index contributed by atoms with van der Waals surface area (Å²) < 4.78 is 5.23. The van der Waals surface area contributed by atoms with Gasteiger partial charge in [0.05, 0.1) is 18.0 Å². The average molecular weight is 487 g/mol. The van der Waals surface area contributed by atoms with E-state index >= 15 is 0 Å². The number of hydrogen-bond donors (Lipinski definition) is 1. The molecule has 2 aliphatic rings. The lowest BCUT2D eigenvalue weighted by Crippen LogP contribution is -2.44. The fraction of sp³-hybridized carbons (Fsp3) is 0.192. The number of carbonyl (C=O) groups excluding carboxylic acids is 1. The van der Waals surface area contributed by atoms with Crippen molar-refractivity contribution in [3.8, 4) is 11.5 Å². The zero-order valence-electron chi connectivity index (χ0n) is 19.1. The summed E-state index contributed by atoms with van der Waals surface area (Å²) in [6.45, 7) is 0. The lowest BCUT2D eigenvalue weighted by molar-refractivity contribution is -0.524. The number of methoxy groups -OCH3 is 1. The molecule has 0 amide bonds. The maximum atomic E-state index is 14.1. The van der Waals surface area contributed by atoms with Crippen molar-refractivity contribution in [1.82, 2.24) is 0 Å². The van der Waals surface area contributed by atoms with Gasteiger partial charge in [-0.2, -0.15) is 0 Å². The minimum Gasteiger partial charge on any atom is -0.504 e. The van der Waals surface area contributed by atoms with Crippen LogP contribution in [0, 0.1) is 20.2 Å². The minimum absolute atomic E-state index is 0.0831. The Morgan fingerprint density at radius 2 is 1.81 bits per heavy atom. The van der Waals surface area contributed by atoms with Crippen LogP contribution in [0.2, 0.25) is 0 Å². The molecule has 1 fully saturated rings. The summed E-state index contributed by atoms with van der Waals surface area (Å²) in [5.41, 5.74) is 1.74. The van der Waals surface area contributed by atoms with Crippen LogP contribution in [0.1, 0.15) is 27.4 Å². The van der Waals surface area contributed by atoms with Crippen molar-refractivity contribution < 1.29 is 24.5 Å². The average Bonchev–Trinajstić information content (AvgIpc) is 3.24. The predicted octanol–water partition coefficient (Wildman–Crippen LogP) is 4.21. The van der Waals surface area contributed by atoms with Gasteiger partial charge in [0, 0.05) is 28.3 Å². The summed E-state index contributed by atoms with van der Waals surface area (Å²) in [6, 6.07) is 14.1. The first kappa shape index (κ1) is 23.0. The van der Waals surface area contributed by atoms with E-state index in [1.165, 1.54) is 43.5 Å².